The first kappa shape index (κ1) is 25.0. The molecule has 0 bridgehead atoms. The summed E-state index contributed by atoms with van der Waals surface area (Å²) in [4.78, 5) is 22.5. The first-order valence-corrected chi connectivity index (χ1v) is 13.1. The van der Waals surface area contributed by atoms with Crippen LogP contribution in [-0.2, 0) is 0 Å². The van der Waals surface area contributed by atoms with Crippen molar-refractivity contribution in [2.24, 2.45) is 0 Å². The SMILES string of the molecule is O=[N+]([O-])c1ccc(Oc2cc3cc4ccccc4cc3cc2Oc2ccc([N+](=O)[O-])c3ccccc23)c2ccccc12. The second-order valence-corrected chi connectivity index (χ2v) is 9.82. The molecule has 0 saturated heterocycles. The van der Waals surface area contributed by atoms with Crippen LogP contribution in [0.5, 0.6) is 23.0 Å². The molecule has 0 aliphatic carbocycles. The maximum absolute atomic E-state index is 11.7. The normalized spacial score (nSPS) is 11.2. The van der Waals surface area contributed by atoms with Crippen LogP contribution in [0, 0.1) is 20.2 Å². The minimum Gasteiger partial charge on any atom is -0.453 e. The molecule has 0 spiro atoms. The molecule has 8 nitrogen and oxygen atoms in total. The summed E-state index contributed by atoms with van der Waals surface area (Å²) < 4.78 is 12.9. The van der Waals surface area contributed by atoms with Crippen molar-refractivity contribution in [1.82, 2.24) is 0 Å². The molecule has 0 aromatic heterocycles. The van der Waals surface area contributed by atoms with E-state index in [0.717, 1.165) is 21.5 Å². The van der Waals surface area contributed by atoms with E-state index in [-0.39, 0.29) is 11.4 Å². The molecule has 0 fully saturated rings. The van der Waals surface area contributed by atoms with Gasteiger partial charge in [0.05, 0.1) is 20.6 Å². The molecule has 7 rings (SSSR count). The fraction of sp³-hybridized carbons (Fsp3) is 0. The zero-order valence-corrected chi connectivity index (χ0v) is 21.9. The minimum absolute atomic E-state index is 0.0169. The van der Waals surface area contributed by atoms with E-state index in [1.54, 1.807) is 60.7 Å². The first-order valence-electron chi connectivity index (χ1n) is 13.1. The summed E-state index contributed by atoms with van der Waals surface area (Å²) in [6.07, 6.45) is 0. The van der Waals surface area contributed by atoms with E-state index in [1.165, 1.54) is 12.1 Å². The average Bonchev–Trinajstić information content (AvgIpc) is 3.00. The second kappa shape index (κ2) is 9.87. The second-order valence-electron chi connectivity index (χ2n) is 9.82. The molecule has 8 heteroatoms. The van der Waals surface area contributed by atoms with Crippen molar-refractivity contribution in [3.8, 4) is 23.0 Å². The minimum atomic E-state index is -0.415. The zero-order chi connectivity index (χ0) is 28.8. The third kappa shape index (κ3) is 4.28. The van der Waals surface area contributed by atoms with Crippen molar-refractivity contribution >= 4 is 54.5 Å². The molecule has 0 aliphatic rings. The highest BCUT2D eigenvalue weighted by molar-refractivity contribution is 6.00. The molecule has 0 atom stereocenters. The van der Waals surface area contributed by atoms with Crippen LogP contribution in [0.3, 0.4) is 0 Å². The summed E-state index contributed by atoms with van der Waals surface area (Å²) in [5.41, 5.74) is -0.0338. The Morgan fingerprint density at radius 3 is 1.19 bits per heavy atom. The highest BCUT2D eigenvalue weighted by Crippen LogP contribution is 2.44. The Bertz CT molecular complexity index is 2070. The lowest BCUT2D eigenvalue weighted by Crippen LogP contribution is -1.95. The number of nitro groups is 2. The first-order chi connectivity index (χ1) is 20.5. The number of nitrogens with zero attached hydrogens (tertiary/aromatic N) is 2. The molecule has 0 amide bonds. The summed E-state index contributed by atoms with van der Waals surface area (Å²) in [5.74, 6) is 1.63. The van der Waals surface area contributed by atoms with Gasteiger partial charge in [0.1, 0.15) is 11.5 Å². The fourth-order valence-corrected chi connectivity index (χ4v) is 5.35. The summed E-state index contributed by atoms with van der Waals surface area (Å²) >= 11 is 0. The lowest BCUT2D eigenvalue weighted by atomic mass is 10.0. The average molecular weight is 553 g/mol. The molecule has 0 N–H and O–H groups in total. The molecule has 0 heterocycles. The highest BCUT2D eigenvalue weighted by Gasteiger charge is 2.20. The number of non-ortho nitro benzene ring substituents is 2. The number of ether oxygens (including phenoxy) is 2. The molecular weight excluding hydrogens is 532 g/mol. The quantitative estimate of drug-likeness (QED) is 0.116. The third-order valence-corrected chi connectivity index (χ3v) is 7.32. The van der Waals surface area contributed by atoms with Gasteiger partial charge in [0.2, 0.25) is 0 Å². The number of hydrogen-bond donors (Lipinski definition) is 0. The van der Waals surface area contributed by atoms with Gasteiger partial charge in [-0.15, -0.1) is 0 Å². The van der Waals surface area contributed by atoms with E-state index >= 15 is 0 Å². The molecule has 42 heavy (non-hydrogen) atoms. The number of rotatable bonds is 6. The van der Waals surface area contributed by atoms with Gasteiger partial charge in [0, 0.05) is 22.9 Å². The van der Waals surface area contributed by atoms with Gasteiger partial charge in [0.25, 0.3) is 11.4 Å². The van der Waals surface area contributed by atoms with Gasteiger partial charge in [-0.2, -0.15) is 0 Å². The standard InChI is InChI=1S/C34H20N2O6/c37-35(38)29-13-15-31(27-11-5-3-9-25(27)29)41-33-19-23-17-21-7-1-2-8-22(21)18-24(23)20-34(33)42-32-16-14-30(36(39)40)26-10-4-6-12-28(26)32/h1-20H. The van der Waals surface area contributed by atoms with E-state index in [4.69, 9.17) is 9.47 Å². The van der Waals surface area contributed by atoms with Crippen molar-refractivity contribution in [2.75, 3.05) is 0 Å². The molecule has 7 aromatic rings. The van der Waals surface area contributed by atoms with Crippen LogP contribution in [0.2, 0.25) is 0 Å². The van der Waals surface area contributed by atoms with Crippen LogP contribution in [-0.4, -0.2) is 9.85 Å². The van der Waals surface area contributed by atoms with E-state index in [0.29, 0.717) is 44.5 Å². The van der Waals surface area contributed by atoms with Crippen LogP contribution in [0.4, 0.5) is 11.4 Å². The molecule has 0 aliphatic heterocycles. The summed E-state index contributed by atoms with van der Waals surface area (Å²) in [6.45, 7) is 0. The molecule has 0 unspecified atom stereocenters. The van der Waals surface area contributed by atoms with Gasteiger partial charge in [-0.05, 0) is 70.1 Å². The molecule has 0 saturated carbocycles. The van der Waals surface area contributed by atoms with Crippen LogP contribution in [0.15, 0.2) is 121 Å². The number of fused-ring (bicyclic) bond motifs is 4. The summed E-state index contributed by atoms with van der Waals surface area (Å²) in [5, 5.41) is 29.4. The van der Waals surface area contributed by atoms with Gasteiger partial charge in [-0.25, -0.2) is 0 Å². The number of benzene rings is 7. The van der Waals surface area contributed by atoms with Crippen LogP contribution >= 0.6 is 0 Å². The molecule has 202 valence electrons. The smallest absolute Gasteiger partial charge is 0.277 e. The number of nitro benzene ring substituents is 2. The molecular formula is C34H20N2O6. The van der Waals surface area contributed by atoms with E-state index in [9.17, 15) is 20.2 Å². The highest BCUT2D eigenvalue weighted by atomic mass is 16.6. The molecule has 7 aromatic carbocycles. The predicted octanol–water partition coefficient (Wildman–Crippen LogP) is 9.70. The number of hydrogen-bond acceptors (Lipinski definition) is 6. The Morgan fingerprint density at radius 2 is 0.786 bits per heavy atom. The zero-order valence-electron chi connectivity index (χ0n) is 21.9. The van der Waals surface area contributed by atoms with Crippen molar-refractivity contribution < 1.29 is 19.3 Å². The van der Waals surface area contributed by atoms with Gasteiger partial charge in [-0.1, -0.05) is 60.7 Å². The molecule has 0 radical (unpaired) electrons. The van der Waals surface area contributed by atoms with Gasteiger partial charge < -0.3 is 9.47 Å². The van der Waals surface area contributed by atoms with Crippen LogP contribution in [0.1, 0.15) is 0 Å². The van der Waals surface area contributed by atoms with Crippen molar-refractivity contribution in [2.45, 2.75) is 0 Å². The Morgan fingerprint density at radius 1 is 0.405 bits per heavy atom. The van der Waals surface area contributed by atoms with E-state index in [2.05, 4.69) is 12.1 Å². The Labute approximate surface area is 238 Å². The predicted molar refractivity (Wildman–Crippen MR) is 163 cm³/mol. The lowest BCUT2D eigenvalue weighted by Gasteiger charge is -2.16. The van der Waals surface area contributed by atoms with Crippen molar-refractivity contribution in [3.63, 3.8) is 0 Å². The van der Waals surface area contributed by atoms with Crippen LogP contribution < -0.4 is 9.47 Å². The monoisotopic (exact) mass is 552 g/mol. The van der Waals surface area contributed by atoms with Gasteiger partial charge >= 0.3 is 0 Å². The Hall–Kier alpha value is -6.02. The topological polar surface area (TPSA) is 105 Å². The maximum atomic E-state index is 11.7. The van der Waals surface area contributed by atoms with Crippen molar-refractivity contribution in [1.29, 1.82) is 0 Å². The largest absolute Gasteiger partial charge is 0.453 e. The van der Waals surface area contributed by atoms with Gasteiger partial charge in [-0.3, -0.25) is 20.2 Å². The van der Waals surface area contributed by atoms with Crippen molar-refractivity contribution in [3.05, 3.63) is 142 Å². The van der Waals surface area contributed by atoms with E-state index in [1.807, 2.05) is 36.4 Å². The maximum Gasteiger partial charge on any atom is 0.277 e. The third-order valence-electron chi connectivity index (χ3n) is 7.32. The Kier molecular flexibility index (Phi) is 5.87. The van der Waals surface area contributed by atoms with Gasteiger partial charge in [0.15, 0.2) is 11.5 Å². The Balaban J connectivity index is 1.42. The van der Waals surface area contributed by atoms with E-state index < -0.39 is 9.85 Å². The fourth-order valence-electron chi connectivity index (χ4n) is 5.35. The summed E-state index contributed by atoms with van der Waals surface area (Å²) in [7, 11) is 0. The van der Waals surface area contributed by atoms with Crippen LogP contribution in [0.25, 0.3) is 43.1 Å². The summed E-state index contributed by atoms with van der Waals surface area (Å²) in [6, 6.07) is 35.9. The lowest BCUT2D eigenvalue weighted by molar-refractivity contribution is -0.383.